The molecular weight excluding hydrogens is 300 g/mol. The van der Waals surface area contributed by atoms with Gasteiger partial charge in [-0.05, 0) is 46.0 Å². The molecule has 2 aliphatic rings. The van der Waals surface area contributed by atoms with Gasteiger partial charge in [-0.2, -0.15) is 0 Å². The molecule has 0 radical (unpaired) electrons. The molecule has 2 unspecified atom stereocenters. The minimum atomic E-state index is -0.448. The first-order chi connectivity index (χ1) is 11.6. The van der Waals surface area contributed by atoms with Crippen LogP contribution in [0.15, 0.2) is 40.9 Å². The zero-order valence-corrected chi connectivity index (χ0v) is 14.4. The Labute approximate surface area is 142 Å². The van der Waals surface area contributed by atoms with Crippen molar-refractivity contribution in [3.63, 3.8) is 0 Å². The zero-order chi connectivity index (χ0) is 16.7. The Morgan fingerprint density at radius 3 is 2.46 bits per heavy atom. The molecule has 1 aliphatic carbocycles. The van der Waals surface area contributed by atoms with E-state index in [4.69, 9.17) is 4.52 Å². The molecule has 1 amide bonds. The summed E-state index contributed by atoms with van der Waals surface area (Å²) in [5, 5.41) is 4.27. The molecule has 2 fully saturated rings. The number of amides is 1. The second-order valence-corrected chi connectivity index (χ2v) is 7.37. The lowest BCUT2D eigenvalue weighted by Crippen LogP contribution is -2.51. The van der Waals surface area contributed by atoms with Crippen molar-refractivity contribution in [3.8, 4) is 11.3 Å². The molecule has 24 heavy (non-hydrogen) atoms. The molecule has 4 rings (SSSR count). The number of hydrogen-bond donors (Lipinski definition) is 0. The highest BCUT2D eigenvalue weighted by Crippen LogP contribution is 2.50. The van der Waals surface area contributed by atoms with Crippen molar-refractivity contribution in [2.75, 3.05) is 0 Å². The van der Waals surface area contributed by atoms with Crippen LogP contribution in [0.5, 0.6) is 0 Å². The summed E-state index contributed by atoms with van der Waals surface area (Å²) in [4.78, 5) is 15.4. The lowest BCUT2D eigenvalue weighted by molar-refractivity contribution is -0.140. The summed E-state index contributed by atoms with van der Waals surface area (Å²) in [6.07, 6.45) is 5.16. The second kappa shape index (κ2) is 5.76. The van der Waals surface area contributed by atoms with Crippen LogP contribution in [0.4, 0.5) is 0 Å². The quantitative estimate of drug-likeness (QED) is 0.851. The van der Waals surface area contributed by atoms with Crippen LogP contribution in [-0.4, -0.2) is 28.0 Å². The van der Waals surface area contributed by atoms with Gasteiger partial charge < -0.3 is 9.42 Å². The van der Waals surface area contributed by atoms with Crippen molar-refractivity contribution < 1.29 is 9.32 Å². The van der Waals surface area contributed by atoms with Gasteiger partial charge in [0.15, 0.2) is 5.76 Å². The van der Waals surface area contributed by atoms with Crippen molar-refractivity contribution in [1.29, 1.82) is 0 Å². The molecule has 1 aromatic heterocycles. The van der Waals surface area contributed by atoms with Crippen LogP contribution in [0.25, 0.3) is 11.3 Å². The van der Waals surface area contributed by atoms with E-state index in [9.17, 15) is 4.79 Å². The molecule has 2 aromatic rings. The number of aromatic nitrogens is 1. The number of carbonyl (C=O) groups is 1. The van der Waals surface area contributed by atoms with Crippen molar-refractivity contribution in [2.24, 2.45) is 0 Å². The maximum atomic E-state index is 13.3. The van der Waals surface area contributed by atoms with Crippen LogP contribution in [-0.2, 0) is 10.2 Å². The van der Waals surface area contributed by atoms with Gasteiger partial charge in [-0.3, -0.25) is 4.79 Å². The Kier molecular flexibility index (Phi) is 3.70. The van der Waals surface area contributed by atoms with E-state index in [1.165, 1.54) is 6.42 Å². The normalized spacial score (nSPS) is 25.5. The summed E-state index contributed by atoms with van der Waals surface area (Å²) in [6, 6.07) is 12.5. The highest BCUT2D eigenvalue weighted by Gasteiger charge is 2.56. The first-order valence-electron chi connectivity index (χ1n) is 8.97. The van der Waals surface area contributed by atoms with E-state index in [-0.39, 0.29) is 5.91 Å². The van der Waals surface area contributed by atoms with Gasteiger partial charge in [0.05, 0.1) is 11.1 Å². The first kappa shape index (κ1) is 15.4. The Balaban J connectivity index is 1.62. The molecular formula is C20H24N2O2. The molecule has 1 saturated heterocycles. The fourth-order valence-electron chi connectivity index (χ4n) is 4.01. The topological polar surface area (TPSA) is 46.3 Å². The summed E-state index contributed by atoms with van der Waals surface area (Å²) in [7, 11) is 0. The molecule has 0 spiro atoms. The maximum absolute atomic E-state index is 13.3. The molecule has 4 nitrogen and oxygen atoms in total. The molecule has 0 bridgehead atoms. The predicted octanol–water partition coefficient (Wildman–Crippen LogP) is 4.16. The Hall–Kier alpha value is -2.10. The molecule has 4 heteroatoms. The van der Waals surface area contributed by atoms with Crippen LogP contribution >= 0.6 is 0 Å². The standard InChI is InChI=1S/C20H24N2O2/c1-14-7-6-8-15(2)22(14)19(23)20(11-12-20)18-13-17(24-21-18)16-9-4-3-5-10-16/h3-5,9-10,13-15H,6-8,11-12H2,1-2H3. The predicted molar refractivity (Wildman–Crippen MR) is 92.5 cm³/mol. The van der Waals surface area contributed by atoms with Crippen LogP contribution in [0, 0.1) is 0 Å². The first-order valence-corrected chi connectivity index (χ1v) is 8.97. The number of piperidine rings is 1. The molecule has 1 saturated carbocycles. The molecule has 1 aromatic carbocycles. The van der Waals surface area contributed by atoms with Crippen molar-refractivity contribution in [3.05, 3.63) is 42.1 Å². The average Bonchev–Trinajstić information content (AvgIpc) is 3.25. The number of carbonyl (C=O) groups excluding carboxylic acids is 1. The van der Waals surface area contributed by atoms with Gasteiger partial charge >= 0.3 is 0 Å². The van der Waals surface area contributed by atoms with Crippen LogP contribution < -0.4 is 0 Å². The third kappa shape index (κ3) is 2.45. The van der Waals surface area contributed by atoms with Crippen LogP contribution in [0.1, 0.15) is 51.6 Å². The molecule has 1 aliphatic heterocycles. The fourth-order valence-corrected chi connectivity index (χ4v) is 4.01. The maximum Gasteiger partial charge on any atom is 0.235 e. The lowest BCUT2D eigenvalue weighted by atomic mass is 9.92. The number of hydrogen-bond acceptors (Lipinski definition) is 3. The summed E-state index contributed by atoms with van der Waals surface area (Å²) >= 11 is 0. The number of nitrogens with zero attached hydrogens (tertiary/aromatic N) is 2. The van der Waals surface area contributed by atoms with E-state index in [1.54, 1.807) is 0 Å². The van der Waals surface area contributed by atoms with Crippen molar-refractivity contribution in [2.45, 2.75) is 63.5 Å². The Bertz CT molecular complexity index is 723. The van der Waals surface area contributed by atoms with Gasteiger partial charge in [-0.15, -0.1) is 0 Å². The van der Waals surface area contributed by atoms with Gasteiger partial charge in [-0.25, -0.2) is 0 Å². The van der Waals surface area contributed by atoms with Gasteiger partial charge in [0.1, 0.15) is 0 Å². The van der Waals surface area contributed by atoms with Gasteiger partial charge in [0, 0.05) is 23.7 Å². The van der Waals surface area contributed by atoms with Crippen molar-refractivity contribution in [1.82, 2.24) is 10.1 Å². The monoisotopic (exact) mass is 324 g/mol. The van der Waals surface area contributed by atoms with E-state index >= 15 is 0 Å². The van der Waals surface area contributed by atoms with Gasteiger partial charge in [-0.1, -0.05) is 35.5 Å². The summed E-state index contributed by atoms with van der Waals surface area (Å²) in [5.41, 5.74) is 1.35. The molecule has 126 valence electrons. The highest BCUT2D eigenvalue weighted by atomic mass is 16.5. The smallest absolute Gasteiger partial charge is 0.235 e. The summed E-state index contributed by atoms with van der Waals surface area (Å²) in [6.45, 7) is 4.34. The second-order valence-electron chi connectivity index (χ2n) is 7.37. The third-order valence-corrected chi connectivity index (χ3v) is 5.65. The summed E-state index contributed by atoms with van der Waals surface area (Å²) < 4.78 is 5.55. The molecule has 2 atom stereocenters. The Morgan fingerprint density at radius 1 is 1.17 bits per heavy atom. The minimum absolute atomic E-state index is 0.245. The SMILES string of the molecule is CC1CCCC(C)N1C(=O)C1(c2cc(-c3ccccc3)on2)CC1. The van der Waals surface area contributed by atoms with Crippen molar-refractivity contribution >= 4 is 5.91 Å². The van der Waals surface area contributed by atoms with Crippen LogP contribution in [0.3, 0.4) is 0 Å². The molecule has 2 heterocycles. The lowest BCUT2D eigenvalue weighted by Gasteiger charge is -2.40. The Morgan fingerprint density at radius 2 is 1.83 bits per heavy atom. The van der Waals surface area contributed by atoms with E-state index in [0.717, 1.165) is 42.7 Å². The third-order valence-electron chi connectivity index (χ3n) is 5.65. The van der Waals surface area contributed by atoms with Crippen LogP contribution in [0.2, 0.25) is 0 Å². The largest absolute Gasteiger partial charge is 0.356 e. The summed E-state index contributed by atoms with van der Waals surface area (Å²) in [5.74, 6) is 0.986. The average molecular weight is 324 g/mol. The van der Waals surface area contributed by atoms with E-state index in [1.807, 2.05) is 36.4 Å². The van der Waals surface area contributed by atoms with Gasteiger partial charge in [0.2, 0.25) is 5.91 Å². The van der Waals surface area contributed by atoms with Gasteiger partial charge in [0.25, 0.3) is 0 Å². The highest BCUT2D eigenvalue weighted by molar-refractivity contribution is 5.91. The minimum Gasteiger partial charge on any atom is -0.356 e. The fraction of sp³-hybridized carbons (Fsp3) is 0.500. The van der Waals surface area contributed by atoms with E-state index in [0.29, 0.717) is 12.1 Å². The van der Waals surface area contributed by atoms with E-state index in [2.05, 4.69) is 23.9 Å². The molecule has 0 N–H and O–H groups in total. The number of rotatable bonds is 3. The number of likely N-dealkylation sites (tertiary alicyclic amines) is 1. The zero-order valence-electron chi connectivity index (χ0n) is 14.4. The number of benzene rings is 1. The van der Waals surface area contributed by atoms with E-state index < -0.39 is 5.41 Å².